The van der Waals surface area contributed by atoms with E-state index in [4.69, 9.17) is 5.73 Å². The number of aromatic nitrogens is 1. The van der Waals surface area contributed by atoms with E-state index in [9.17, 15) is 10.1 Å². The van der Waals surface area contributed by atoms with Crippen molar-refractivity contribution in [2.75, 3.05) is 24.2 Å². The van der Waals surface area contributed by atoms with Crippen LogP contribution < -0.4 is 10.6 Å². The molecule has 20 heavy (non-hydrogen) atoms. The van der Waals surface area contributed by atoms with Crippen molar-refractivity contribution in [3.8, 4) is 0 Å². The normalized spacial score (nSPS) is 27.8. The lowest BCUT2D eigenvalue weighted by Gasteiger charge is -2.27. The van der Waals surface area contributed by atoms with Gasteiger partial charge in [-0.15, -0.1) is 0 Å². The summed E-state index contributed by atoms with van der Waals surface area (Å²) >= 11 is 0. The number of pyridine rings is 1. The van der Waals surface area contributed by atoms with E-state index in [1.807, 2.05) is 7.05 Å². The van der Waals surface area contributed by atoms with E-state index in [1.54, 1.807) is 6.07 Å². The highest BCUT2D eigenvalue weighted by molar-refractivity contribution is 5.57. The molecule has 2 saturated carbocycles. The summed E-state index contributed by atoms with van der Waals surface area (Å²) in [5.74, 6) is 3.23. The molecule has 2 bridgehead atoms. The van der Waals surface area contributed by atoms with Crippen LogP contribution in [0.1, 0.15) is 25.7 Å². The molecule has 2 fully saturated rings. The van der Waals surface area contributed by atoms with Crippen LogP contribution >= 0.6 is 0 Å². The second-order valence-electron chi connectivity index (χ2n) is 6.15. The quantitative estimate of drug-likeness (QED) is 0.674. The maximum atomic E-state index is 10.7. The van der Waals surface area contributed by atoms with Crippen LogP contribution in [0.2, 0.25) is 0 Å². The van der Waals surface area contributed by atoms with Gasteiger partial charge in [-0.05, 0) is 43.1 Å². The van der Waals surface area contributed by atoms with Crippen molar-refractivity contribution in [2.45, 2.75) is 25.7 Å². The summed E-state index contributed by atoms with van der Waals surface area (Å²) in [7, 11) is 1.99. The first kappa shape index (κ1) is 13.1. The third-order valence-corrected chi connectivity index (χ3v) is 4.87. The van der Waals surface area contributed by atoms with E-state index in [0.29, 0.717) is 0 Å². The van der Waals surface area contributed by atoms with E-state index in [0.717, 1.165) is 30.1 Å². The van der Waals surface area contributed by atoms with Gasteiger partial charge >= 0.3 is 5.69 Å². The van der Waals surface area contributed by atoms with Crippen molar-refractivity contribution in [3.05, 3.63) is 22.2 Å². The zero-order valence-corrected chi connectivity index (χ0v) is 11.7. The SMILES string of the molecule is CN(CC1CC2CCC1C2)c1ccc([N+](=O)[O-])c(N)n1. The zero-order valence-electron chi connectivity index (χ0n) is 11.7. The molecule has 0 aliphatic heterocycles. The number of nitrogens with two attached hydrogens (primary N) is 1. The van der Waals surface area contributed by atoms with Gasteiger partial charge < -0.3 is 10.6 Å². The molecule has 3 unspecified atom stereocenters. The van der Waals surface area contributed by atoms with Gasteiger partial charge in [0.25, 0.3) is 0 Å². The highest BCUT2D eigenvalue weighted by Crippen LogP contribution is 2.48. The standard InChI is InChI=1S/C14H20N4O2/c1-17(8-11-7-9-2-3-10(11)6-9)13-5-4-12(18(19)20)14(15)16-13/h4-5,9-11H,2-3,6-8H2,1H3,(H2,15,16). The minimum atomic E-state index is -0.498. The van der Waals surface area contributed by atoms with Crippen LogP contribution in [0.15, 0.2) is 12.1 Å². The molecule has 1 heterocycles. The minimum Gasteiger partial charge on any atom is -0.378 e. The summed E-state index contributed by atoms with van der Waals surface area (Å²) in [6, 6.07) is 3.12. The molecular weight excluding hydrogens is 256 g/mol. The number of hydrogen-bond acceptors (Lipinski definition) is 5. The van der Waals surface area contributed by atoms with Gasteiger partial charge in [0, 0.05) is 19.7 Å². The summed E-state index contributed by atoms with van der Waals surface area (Å²) in [5, 5.41) is 10.7. The number of rotatable bonds is 4. The molecule has 6 heteroatoms. The van der Waals surface area contributed by atoms with Crippen LogP contribution in [0.3, 0.4) is 0 Å². The van der Waals surface area contributed by atoms with Gasteiger partial charge in [0.05, 0.1) is 4.92 Å². The lowest BCUT2D eigenvalue weighted by molar-refractivity contribution is -0.384. The number of nitrogens with zero attached hydrogens (tertiary/aromatic N) is 3. The van der Waals surface area contributed by atoms with E-state index in [-0.39, 0.29) is 11.5 Å². The lowest BCUT2D eigenvalue weighted by atomic mass is 9.88. The molecule has 0 radical (unpaired) electrons. The van der Waals surface area contributed by atoms with Crippen LogP contribution in [0.4, 0.5) is 17.3 Å². The first-order valence-electron chi connectivity index (χ1n) is 7.16. The maximum Gasteiger partial charge on any atom is 0.311 e. The Morgan fingerprint density at radius 1 is 1.45 bits per heavy atom. The summed E-state index contributed by atoms with van der Waals surface area (Å²) in [4.78, 5) is 16.5. The van der Waals surface area contributed by atoms with Gasteiger partial charge in [0.2, 0.25) is 5.82 Å². The Balaban J connectivity index is 1.69. The molecule has 0 spiro atoms. The summed E-state index contributed by atoms with van der Waals surface area (Å²) in [6.45, 7) is 0.964. The molecule has 1 aromatic rings. The minimum absolute atomic E-state index is 0.00714. The molecule has 1 aromatic heterocycles. The van der Waals surface area contributed by atoms with Crippen LogP contribution in [-0.4, -0.2) is 23.5 Å². The highest BCUT2D eigenvalue weighted by Gasteiger charge is 2.39. The fourth-order valence-corrected chi connectivity index (χ4v) is 3.87. The second kappa shape index (κ2) is 4.92. The summed E-state index contributed by atoms with van der Waals surface area (Å²) in [6.07, 6.45) is 5.46. The first-order chi connectivity index (χ1) is 9.54. The van der Waals surface area contributed by atoms with Crippen molar-refractivity contribution in [1.29, 1.82) is 0 Å². The fourth-order valence-electron chi connectivity index (χ4n) is 3.87. The molecule has 2 aliphatic rings. The van der Waals surface area contributed by atoms with Crippen molar-refractivity contribution >= 4 is 17.3 Å². The van der Waals surface area contributed by atoms with Gasteiger partial charge in [-0.3, -0.25) is 10.1 Å². The Labute approximate surface area is 118 Å². The number of nitrogen functional groups attached to an aromatic ring is 1. The van der Waals surface area contributed by atoms with Crippen molar-refractivity contribution in [3.63, 3.8) is 0 Å². The van der Waals surface area contributed by atoms with E-state index in [2.05, 4.69) is 9.88 Å². The predicted molar refractivity (Wildman–Crippen MR) is 77.5 cm³/mol. The molecule has 3 atom stereocenters. The van der Waals surface area contributed by atoms with Gasteiger partial charge in [0.1, 0.15) is 5.82 Å². The Bertz CT molecular complexity index is 534. The number of hydrogen-bond donors (Lipinski definition) is 1. The smallest absolute Gasteiger partial charge is 0.311 e. The van der Waals surface area contributed by atoms with E-state index < -0.39 is 4.92 Å². The van der Waals surface area contributed by atoms with Crippen molar-refractivity contribution in [1.82, 2.24) is 4.98 Å². The summed E-state index contributed by atoms with van der Waals surface area (Å²) < 4.78 is 0. The molecule has 3 rings (SSSR count). The zero-order chi connectivity index (χ0) is 14.3. The Kier molecular flexibility index (Phi) is 3.23. The van der Waals surface area contributed by atoms with Gasteiger partial charge in [-0.2, -0.15) is 0 Å². The largest absolute Gasteiger partial charge is 0.378 e. The number of fused-ring (bicyclic) bond motifs is 2. The van der Waals surface area contributed by atoms with E-state index >= 15 is 0 Å². The second-order valence-corrected chi connectivity index (χ2v) is 6.15. The van der Waals surface area contributed by atoms with Crippen LogP contribution in [0, 0.1) is 27.9 Å². The van der Waals surface area contributed by atoms with Gasteiger partial charge in [-0.1, -0.05) is 6.42 Å². The average Bonchev–Trinajstić information content (AvgIpc) is 3.00. The van der Waals surface area contributed by atoms with E-state index in [1.165, 1.54) is 31.7 Å². The molecule has 6 nitrogen and oxygen atoms in total. The van der Waals surface area contributed by atoms with Crippen molar-refractivity contribution in [2.24, 2.45) is 17.8 Å². The average molecular weight is 276 g/mol. The van der Waals surface area contributed by atoms with Crippen molar-refractivity contribution < 1.29 is 4.92 Å². The van der Waals surface area contributed by atoms with Gasteiger partial charge in [0.15, 0.2) is 0 Å². The topological polar surface area (TPSA) is 85.3 Å². The molecule has 0 saturated heterocycles. The Morgan fingerprint density at radius 3 is 2.80 bits per heavy atom. The molecule has 2 aliphatic carbocycles. The third-order valence-electron chi connectivity index (χ3n) is 4.87. The highest BCUT2D eigenvalue weighted by atomic mass is 16.6. The summed E-state index contributed by atoms with van der Waals surface area (Å²) in [5.41, 5.74) is 5.53. The Hall–Kier alpha value is -1.85. The van der Waals surface area contributed by atoms with Crippen LogP contribution in [-0.2, 0) is 0 Å². The first-order valence-corrected chi connectivity index (χ1v) is 7.16. The monoisotopic (exact) mass is 276 g/mol. The molecule has 0 aromatic carbocycles. The molecule has 2 N–H and O–H groups in total. The van der Waals surface area contributed by atoms with Crippen LogP contribution in [0.25, 0.3) is 0 Å². The third kappa shape index (κ3) is 2.30. The maximum absolute atomic E-state index is 10.7. The Morgan fingerprint density at radius 2 is 2.25 bits per heavy atom. The van der Waals surface area contributed by atoms with Gasteiger partial charge in [-0.25, -0.2) is 4.98 Å². The lowest BCUT2D eigenvalue weighted by Crippen LogP contribution is -2.29. The fraction of sp³-hybridized carbons (Fsp3) is 0.643. The molecule has 0 amide bonds. The number of nitro groups is 1. The number of anilines is 2. The predicted octanol–water partition coefficient (Wildman–Crippen LogP) is 2.44. The van der Waals surface area contributed by atoms with Crippen LogP contribution in [0.5, 0.6) is 0 Å². The molecule has 108 valence electrons. The molecular formula is C14H20N4O2.